The fraction of sp³-hybridized carbons (Fsp3) is 0.455. The Labute approximate surface area is 107 Å². The van der Waals surface area contributed by atoms with Gasteiger partial charge in [-0.25, -0.2) is 9.78 Å². The summed E-state index contributed by atoms with van der Waals surface area (Å²) in [5.74, 6) is -0.710. The first-order valence-electron chi connectivity index (χ1n) is 5.68. The quantitative estimate of drug-likeness (QED) is 0.844. The molecule has 1 fully saturated rings. The van der Waals surface area contributed by atoms with Crippen LogP contribution in [0.25, 0.3) is 0 Å². The van der Waals surface area contributed by atoms with Crippen molar-refractivity contribution in [2.45, 2.75) is 6.18 Å². The summed E-state index contributed by atoms with van der Waals surface area (Å²) in [5, 5.41) is 3.02. The van der Waals surface area contributed by atoms with Crippen molar-refractivity contribution in [3.63, 3.8) is 0 Å². The Bertz CT molecular complexity index is 459. The number of halogens is 3. The lowest BCUT2D eigenvalue weighted by atomic mass is 10.2. The standard InChI is InChI=1S/C11H12F3N3O2/c12-11(13,14)8-2-1-3-16-9(8)19-10(18)17-6-4-15-5-7-17/h1-3,15H,4-7H2. The molecule has 1 amide bonds. The summed E-state index contributed by atoms with van der Waals surface area (Å²) >= 11 is 0. The van der Waals surface area contributed by atoms with E-state index in [1.165, 1.54) is 4.90 Å². The maximum Gasteiger partial charge on any atom is 0.421 e. The third-order valence-corrected chi connectivity index (χ3v) is 2.64. The second kappa shape index (κ2) is 5.43. The minimum absolute atomic E-state index is 0.396. The van der Waals surface area contributed by atoms with E-state index in [-0.39, 0.29) is 0 Å². The second-order valence-corrected chi connectivity index (χ2v) is 3.96. The lowest BCUT2D eigenvalue weighted by Crippen LogP contribution is -2.47. The van der Waals surface area contributed by atoms with Gasteiger partial charge in [-0.05, 0) is 12.1 Å². The van der Waals surface area contributed by atoms with Gasteiger partial charge in [-0.2, -0.15) is 13.2 Å². The number of hydrogen-bond acceptors (Lipinski definition) is 4. The first-order valence-corrected chi connectivity index (χ1v) is 5.68. The van der Waals surface area contributed by atoms with Crippen molar-refractivity contribution in [2.75, 3.05) is 26.2 Å². The molecule has 0 radical (unpaired) electrons. The van der Waals surface area contributed by atoms with Crippen LogP contribution < -0.4 is 10.1 Å². The van der Waals surface area contributed by atoms with Crippen LogP contribution in [0.4, 0.5) is 18.0 Å². The Balaban J connectivity index is 2.12. The molecule has 0 spiro atoms. The van der Waals surface area contributed by atoms with Gasteiger partial charge < -0.3 is 15.0 Å². The molecule has 1 aromatic rings. The van der Waals surface area contributed by atoms with E-state index in [2.05, 4.69) is 10.3 Å². The number of nitrogens with one attached hydrogen (secondary N) is 1. The molecular weight excluding hydrogens is 263 g/mol. The van der Waals surface area contributed by atoms with Crippen molar-refractivity contribution in [1.29, 1.82) is 0 Å². The molecule has 0 aliphatic carbocycles. The first kappa shape index (κ1) is 13.6. The van der Waals surface area contributed by atoms with Gasteiger partial charge in [-0.3, -0.25) is 0 Å². The summed E-state index contributed by atoms with van der Waals surface area (Å²) in [6, 6.07) is 1.97. The van der Waals surface area contributed by atoms with Gasteiger partial charge in [0, 0.05) is 32.4 Å². The minimum atomic E-state index is -4.60. The highest BCUT2D eigenvalue weighted by atomic mass is 19.4. The zero-order chi connectivity index (χ0) is 13.9. The molecule has 0 aromatic carbocycles. The van der Waals surface area contributed by atoms with Gasteiger partial charge in [0.1, 0.15) is 5.56 Å². The average Bonchev–Trinajstić information content (AvgIpc) is 2.39. The molecule has 1 N–H and O–H groups in total. The summed E-state index contributed by atoms with van der Waals surface area (Å²) in [6.45, 7) is 1.97. The monoisotopic (exact) mass is 275 g/mol. The van der Waals surface area contributed by atoms with Gasteiger partial charge in [0.15, 0.2) is 0 Å². The van der Waals surface area contributed by atoms with Crippen LogP contribution in [0.2, 0.25) is 0 Å². The lowest BCUT2D eigenvalue weighted by Gasteiger charge is -2.26. The molecule has 0 saturated carbocycles. The van der Waals surface area contributed by atoms with E-state index in [1.807, 2.05) is 0 Å². The number of pyridine rings is 1. The predicted molar refractivity (Wildman–Crippen MR) is 59.7 cm³/mol. The molecule has 2 heterocycles. The molecular formula is C11H12F3N3O2. The number of alkyl halides is 3. The molecule has 0 atom stereocenters. The zero-order valence-corrected chi connectivity index (χ0v) is 9.91. The maximum absolute atomic E-state index is 12.7. The third-order valence-electron chi connectivity index (χ3n) is 2.64. The molecule has 0 unspecified atom stereocenters. The fourth-order valence-corrected chi connectivity index (χ4v) is 1.68. The fourth-order valence-electron chi connectivity index (χ4n) is 1.68. The maximum atomic E-state index is 12.7. The van der Waals surface area contributed by atoms with Gasteiger partial charge in [0.2, 0.25) is 5.88 Å². The Morgan fingerprint density at radius 1 is 1.37 bits per heavy atom. The van der Waals surface area contributed by atoms with Crippen molar-refractivity contribution in [3.8, 4) is 5.88 Å². The highest BCUT2D eigenvalue weighted by Crippen LogP contribution is 2.34. The van der Waals surface area contributed by atoms with Crippen LogP contribution in [0, 0.1) is 0 Å². The summed E-state index contributed by atoms with van der Waals surface area (Å²) in [5.41, 5.74) is -1.06. The minimum Gasteiger partial charge on any atom is -0.390 e. The molecule has 8 heteroatoms. The third kappa shape index (κ3) is 3.34. The smallest absolute Gasteiger partial charge is 0.390 e. The molecule has 19 heavy (non-hydrogen) atoms. The SMILES string of the molecule is O=C(Oc1ncccc1C(F)(F)F)N1CCNCC1. The molecule has 5 nitrogen and oxygen atoms in total. The Morgan fingerprint density at radius 2 is 2.05 bits per heavy atom. The van der Waals surface area contributed by atoms with Crippen molar-refractivity contribution in [2.24, 2.45) is 0 Å². The van der Waals surface area contributed by atoms with Crippen LogP contribution in [0.1, 0.15) is 5.56 Å². The molecule has 0 bridgehead atoms. The summed E-state index contributed by atoms with van der Waals surface area (Å²) < 4.78 is 42.8. The van der Waals surface area contributed by atoms with Crippen LogP contribution in [-0.4, -0.2) is 42.2 Å². The molecule has 2 rings (SSSR count). The Morgan fingerprint density at radius 3 is 2.68 bits per heavy atom. The number of carbonyl (C=O) groups is 1. The Kier molecular flexibility index (Phi) is 3.89. The molecule has 1 saturated heterocycles. The Hall–Kier alpha value is -1.83. The summed E-state index contributed by atoms with van der Waals surface area (Å²) in [6.07, 6.45) is -4.27. The van der Waals surface area contributed by atoms with Gasteiger partial charge in [0.25, 0.3) is 0 Å². The van der Waals surface area contributed by atoms with E-state index in [0.717, 1.165) is 18.3 Å². The van der Waals surface area contributed by atoms with Gasteiger partial charge >= 0.3 is 12.3 Å². The number of amides is 1. The number of piperazine rings is 1. The van der Waals surface area contributed by atoms with Crippen molar-refractivity contribution < 1.29 is 22.7 Å². The van der Waals surface area contributed by atoms with E-state index in [0.29, 0.717) is 26.2 Å². The van der Waals surface area contributed by atoms with Crippen LogP contribution in [0.3, 0.4) is 0 Å². The average molecular weight is 275 g/mol. The predicted octanol–water partition coefficient (Wildman–Crippen LogP) is 1.50. The molecule has 1 aromatic heterocycles. The number of carbonyl (C=O) groups excluding carboxylic acids is 1. The molecule has 104 valence electrons. The number of rotatable bonds is 1. The van der Waals surface area contributed by atoms with Crippen LogP contribution in [-0.2, 0) is 6.18 Å². The second-order valence-electron chi connectivity index (χ2n) is 3.96. The van der Waals surface area contributed by atoms with Gasteiger partial charge in [-0.1, -0.05) is 0 Å². The van der Waals surface area contributed by atoms with Crippen LogP contribution >= 0.6 is 0 Å². The first-order chi connectivity index (χ1) is 8.98. The van der Waals surface area contributed by atoms with E-state index >= 15 is 0 Å². The number of hydrogen-bond donors (Lipinski definition) is 1. The van der Waals surface area contributed by atoms with E-state index in [1.54, 1.807) is 0 Å². The van der Waals surface area contributed by atoms with Crippen LogP contribution in [0.15, 0.2) is 18.3 Å². The number of ether oxygens (including phenoxy) is 1. The van der Waals surface area contributed by atoms with Crippen molar-refractivity contribution in [3.05, 3.63) is 23.9 Å². The van der Waals surface area contributed by atoms with E-state index in [9.17, 15) is 18.0 Å². The lowest BCUT2D eigenvalue weighted by molar-refractivity contribution is -0.138. The molecule has 1 aliphatic rings. The van der Waals surface area contributed by atoms with Gasteiger partial charge in [-0.15, -0.1) is 0 Å². The molecule has 1 aliphatic heterocycles. The summed E-state index contributed by atoms with van der Waals surface area (Å²) in [4.78, 5) is 16.5. The highest BCUT2D eigenvalue weighted by molar-refractivity contribution is 5.70. The normalized spacial score (nSPS) is 16.3. The van der Waals surface area contributed by atoms with Crippen LogP contribution in [0.5, 0.6) is 5.88 Å². The van der Waals surface area contributed by atoms with Crippen molar-refractivity contribution in [1.82, 2.24) is 15.2 Å². The van der Waals surface area contributed by atoms with Crippen molar-refractivity contribution >= 4 is 6.09 Å². The largest absolute Gasteiger partial charge is 0.421 e. The topological polar surface area (TPSA) is 54.5 Å². The highest BCUT2D eigenvalue weighted by Gasteiger charge is 2.36. The number of aromatic nitrogens is 1. The summed E-state index contributed by atoms with van der Waals surface area (Å²) in [7, 11) is 0. The van der Waals surface area contributed by atoms with E-state index in [4.69, 9.17) is 4.74 Å². The number of nitrogens with zero attached hydrogens (tertiary/aromatic N) is 2. The van der Waals surface area contributed by atoms with E-state index < -0.39 is 23.7 Å². The zero-order valence-electron chi connectivity index (χ0n) is 9.91. The van der Waals surface area contributed by atoms with Gasteiger partial charge in [0.05, 0.1) is 0 Å².